The van der Waals surface area contributed by atoms with Crippen molar-refractivity contribution in [2.45, 2.75) is 0 Å². The molecule has 0 saturated heterocycles. The van der Waals surface area contributed by atoms with E-state index in [0.717, 1.165) is 0 Å². The molecule has 0 aliphatic carbocycles. The number of carbonyl (C=O) groups excluding carboxylic acids is 6. The van der Waals surface area contributed by atoms with Crippen LogP contribution in [0.5, 0.6) is 0 Å². The molecular weight excluding hydrogens is 780 g/mol. The number of hydrogen-bond acceptors (Lipinski definition) is 18. The highest BCUT2D eigenvalue weighted by Crippen LogP contribution is 2.23. The molecule has 0 unspecified atom stereocenters. The van der Waals surface area contributed by atoms with E-state index in [2.05, 4.69) is 30.9 Å². The fraction of sp³-hybridized carbons (Fsp3) is 0.214. The Kier molecular flexibility index (Phi) is 16.5. The molecule has 4 aromatic rings. The Morgan fingerprint density at radius 2 is 0.583 bits per heavy atom. The van der Waals surface area contributed by atoms with E-state index < -0.39 is 53.6 Å². The zero-order chi connectivity index (χ0) is 43.6. The first kappa shape index (κ1) is 44.8. The number of aromatic nitrogens is 3. The number of anilines is 6. The molecule has 1 aromatic heterocycles. The Morgan fingerprint density at radius 3 is 0.767 bits per heavy atom. The molecule has 0 atom stereocenters. The molecule has 3 N–H and O–H groups in total. The minimum atomic E-state index is -1.23. The molecule has 0 fully saturated rings. The Morgan fingerprint density at radius 1 is 0.383 bits per heavy atom. The standard InChI is InChI=1S/C42H42N6O12/c1-55-34(49)31(35(50)56-2)22-13-25-7-16-28(17-8-25)43-40-46-41(44-29-18-9-26(10-19-29)14-23-32(36(51)57-3)37(52)58-4)48-42(47-40)45-30-20-11-27(12-21-30)15-24-33(38(53)59-5)39(54)60-6/h7-24,31-33H,1-6H3,(H3,43,44,45,46,47,48)/b22-13+,23-14+,24-15+. The number of nitrogens with zero attached hydrogens (tertiary/aromatic N) is 3. The lowest BCUT2D eigenvalue weighted by molar-refractivity contribution is -0.157. The third kappa shape index (κ3) is 12.8. The van der Waals surface area contributed by atoms with Crippen LogP contribution in [0.1, 0.15) is 16.7 Å². The summed E-state index contributed by atoms with van der Waals surface area (Å²) in [4.78, 5) is 85.9. The molecule has 18 heteroatoms. The van der Waals surface area contributed by atoms with Crippen molar-refractivity contribution < 1.29 is 57.2 Å². The summed E-state index contributed by atoms with van der Waals surface area (Å²) in [5, 5.41) is 9.44. The van der Waals surface area contributed by atoms with Crippen LogP contribution in [0.3, 0.4) is 0 Å². The van der Waals surface area contributed by atoms with Crippen LogP contribution in [-0.2, 0) is 57.2 Å². The highest BCUT2D eigenvalue weighted by molar-refractivity contribution is 5.99. The minimum absolute atomic E-state index is 0.155. The normalized spacial score (nSPS) is 11.2. The van der Waals surface area contributed by atoms with Gasteiger partial charge in [0.2, 0.25) is 17.8 Å². The predicted octanol–water partition coefficient (Wildman–Crippen LogP) is 5.03. The van der Waals surface area contributed by atoms with Crippen molar-refractivity contribution >= 4 is 89.0 Å². The third-order valence-electron chi connectivity index (χ3n) is 8.31. The van der Waals surface area contributed by atoms with Gasteiger partial charge in [0.15, 0.2) is 17.8 Å². The van der Waals surface area contributed by atoms with Gasteiger partial charge >= 0.3 is 35.8 Å². The molecule has 3 aromatic carbocycles. The maximum absolute atomic E-state index is 12.0. The van der Waals surface area contributed by atoms with E-state index in [4.69, 9.17) is 28.4 Å². The lowest BCUT2D eigenvalue weighted by atomic mass is 10.1. The first-order valence-electron chi connectivity index (χ1n) is 17.8. The van der Waals surface area contributed by atoms with Gasteiger partial charge < -0.3 is 44.4 Å². The van der Waals surface area contributed by atoms with Crippen LogP contribution in [-0.4, -0.2) is 93.4 Å². The fourth-order valence-corrected chi connectivity index (χ4v) is 5.11. The zero-order valence-corrected chi connectivity index (χ0v) is 33.4. The number of carbonyl (C=O) groups is 6. The van der Waals surface area contributed by atoms with Gasteiger partial charge in [-0.05, 0) is 53.1 Å². The minimum Gasteiger partial charge on any atom is -0.468 e. The van der Waals surface area contributed by atoms with Gasteiger partial charge in [-0.2, -0.15) is 15.0 Å². The molecule has 0 amide bonds. The average molecular weight is 823 g/mol. The summed E-state index contributed by atoms with van der Waals surface area (Å²) in [6.45, 7) is 0. The van der Waals surface area contributed by atoms with Gasteiger partial charge in [-0.15, -0.1) is 0 Å². The zero-order valence-electron chi connectivity index (χ0n) is 33.4. The number of hydrogen-bond donors (Lipinski definition) is 3. The van der Waals surface area contributed by atoms with Crippen molar-refractivity contribution in [1.82, 2.24) is 15.0 Å². The van der Waals surface area contributed by atoms with E-state index in [1.165, 1.54) is 60.9 Å². The molecule has 4 rings (SSSR count). The topological polar surface area (TPSA) is 233 Å². The maximum Gasteiger partial charge on any atom is 0.323 e. The molecule has 1 heterocycles. The van der Waals surface area contributed by atoms with Crippen LogP contribution >= 0.6 is 0 Å². The van der Waals surface area contributed by atoms with Crippen molar-refractivity contribution in [3.05, 3.63) is 108 Å². The van der Waals surface area contributed by atoms with E-state index in [0.29, 0.717) is 33.8 Å². The molecule has 0 bridgehead atoms. The van der Waals surface area contributed by atoms with Crippen LogP contribution in [0.25, 0.3) is 18.2 Å². The number of methoxy groups -OCH3 is 6. The van der Waals surface area contributed by atoms with Crippen molar-refractivity contribution in [3.63, 3.8) is 0 Å². The molecule has 0 aliphatic heterocycles. The second-order valence-corrected chi connectivity index (χ2v) is 12.2. The Labute approximate surface area is 344 Å². The lowest BCUT2D eigenvalue weighted by Gasteiger charge is -2.12. The summed E-state index contributed by atoms with van der Waals surface area (Å²) in [5.74, 6) is -7.74. The van der Waals surface area contributed by atoms with Crippen LogP contribution in [0, 0.1) is 17.8 Å². The summed E-state index contributed by atoms with van der Waals surface area (Å²) >= 11 is 0. The molecule has 0 aliphatic rings. The van der Waals surface area contributed by atoms with Gasteiger partial charge in [-0.25, -0.2) is 0 Å². The summed E-state index contributed by atoms with van der Waals surface area (Å²) < 4.78 is 28.2. The van der Waals surface area contributed by atoms with E-state index in [9.17, 15) is 28.8 Å². The molecular formula is C42H42N6O12. The van der Waals surface area contributed by atoms with Gasteiger partial charge in [-0.1, -0.05) is 72.9 Å². The van der Waals surface area contributed by atoms with E-state index in [1.807, 2.05) is 0 Å². The third-order valence-corrected chi connectivity index (χ3v) is 8.31. The maximum atomic E-state index is 12.0. The molecule has 60 heavy (non-hydrogen) atoms. The number of esters is 6. The first-order chi connectivity index (χ1) is 28.9. The van der Waals surface area contributed by atoms with Crippen molar-refractivity contribution in [1.29, 1.82) is 0 Å². The van der Waals surface area contributed by atoms with Crippen LogP contribution in [0.15, 0.2) is 91.0 Å². The first-order valence-corrected chi connectivity index (χ1v) is 17.8. The second kappa shape index (κ2) is 22.2. The average Bonchev–Trinajstić information content (AvgIpc) is 3.27. The summed E-state index contributed by atoms with van der Waals surface area (Å²) in [6, 6.07) is 20.9. The second-order valence-electron chi connectivity index (χ2n) is 12.2. The van der Waals surface area contributed by atoms with E-state index in [1.54, 1.807) is 91.0 Å². The summed E-state index contributed by atoms with van der Waals surface area (Å²) in [7, 11) is 7.08. The Hall–Kier alpha value is -7.89. The lowest BCUT2D eigenvalue weighted by Crippen LogP contribution is -2.24. The number of benzene rings is 3. The van der Waals surface area contributed by atoms with Crippen molar-refractivity contribution in [2.24, 2.45) is 17.8 Å². The largest absolute Gasteiger partial charge is 0.468 e. The molecule has 18 nitrogen and oxygen atoms in total. The fourth-order valence-electron chi connectivity index (χ4n) is 5.11. The number of rotatable bonds is 18. The summed E-state index contributed by atoms with van der Waals surface area (Å²) in [6.07, 6.45) is 8.92. The highest BCUT2D eigenvalue weighted by Gasteiger charge is 2.27. The van der Waals surface area contributed by atoms with Crippen molar-refractivity contribution in [2.75, 3.05) is 58.6 Å². The Balaban J connectivity index is 1.59. The van der Waals surface area contributed by atoms with Crippen LogP contribution < -0.4 is 16.0 Å². The Bertz CT molecular complexity index is 1930. The molecule has 312 valence electrons. The molecule has 0 saturated carbocycles. The molecule has 0 spiro atoms. The van der Waals surface area contributed by atoms with Gasteiger partial charge in [0, 0.05) is 17.1 Å². The van der Waals surface area contributed by atoms with Gasteiger partial charge in [0.25, 0.3) is 0 Å². The monoisotopic (exact) mass is 822 g/mol. The van der Waals surface area contributed by atoms with E-state index in [-0.39, 0.29) is 17.8 Å². The summed E-state index contributed by atoms with van der Waals surface area (Å²) in [5.41, 5.74) is 3.80. The predicted molar refractivity (Wildman–Crippen MR) is 219 cm³/mol. The van der Waals surface area contributed by atoms with Crippen LogP contribution in [0.2, 0.25) is 0 Å². The molecule has 0 radical (unpaired) electrons. The van der Waals surface area contributed by atoms with Crippen LogP contribution in [0.4, 0.5) is 34.9 Å². The van der Waals surface area contributed by atoms with Gasteiger partial charge in [-0.3, -0.25) is 28.8 Å². The van der Waals surface area contributed by atoms with Gasteiger partial charge in [0.05, 0.1) is 42.7 Å². The van der Waals surface area contributed by atoms with Crippen molar-refractivity contribution in [3.8, 4) is 0 Å². The quantitative estimate of drug-likeness (QED) is 0.0678. The number of ether oxygens (including phenoxy) is 6. The van der Waals surface area contributed by atoms with Gasteiger partial charge in [0.1, 0.15) is 0 Å². The van der Waals surface area contributed by atoms with E-state index >= 15 is 0 Å². The highest BCUT2D eigenvalue weighted by atomic mass is 16.6. The smallest absolute Gasteiger partial charge is 0.323 e. The SMILES string of the molecule is COC(=O)C(/C=C/c1ccc(Nc2nc(Nc3ccc(/C=C/C(C(=O)OC)C(=O)OC)cc3)nc(Nc3ccc(/C=C/C(C(=O)OC)C(=O)OC)cc3)n2)cc1)C(=O)OC. The number of nitrogens with one attached hydrogen (secondary N) is 3.